The lowest BCUT2D eigenvalue weighted by molar-refractivity contribution is -0.124. The second-order valence-electron chi connectivity index (χ2n) is 8.21. The lowest BCUT2D eigenvalue weighted by Crippen LogP contribution is -2.42. The first-order valence-corrected chi connectivity index (χ1v) is 10.4. The maximum absolute atomic E-state index is 13.2. The van der Waals surface area contributed by atoms with E-state index in [9.17, 15) is 14.0 Å². The van der Waals surface area contributed by atoms with E-state index in [1.807, 2.05) is 12.1 Å². The number of Topliss-reactive ketones (excluding diaryl/α,β-unsaturated/α-hetero) is 1. The van der Waals surface area contributed by atoms with Crippen LogP contribution in [0.5, 0.6) is 5.75 Å². The van der Waals surface area contributed by atoms with Crippen LogP contribution in [-0.2, 0) is 11.3 Å². The van der Waals surface area contributed by atoms with Crippen LogP contribution in [0.25, 0.3) is 6.08 Å². The number of hydrogen-bond acceptors (Lipinski definition) is 5. The van der Waals surface area contributed by atoms with E-state index in [1.165, 1.54) is 29.8 Å². The molecule has 2 aromatic carbocycles. The van der Waals surface area contributed by atoms with Gasteiger partial charge in [-0.3, -0.25) is 19.7 Å². The molecule has 0 bridgehead atoms. The maximum Gasteiger partial charge on any atom is 0.267 e. The van der Waals surface area contributed by atoms with Crippen molar-refractivity contribution in [3.63, 3.8) is 0 Å². The van der Waals surface area contributed by atoms with Gasteiger partial charge in [0.25, 0.3) is 5.91 Å². The van der Waals surface area contributed by atoms with Crippen LogP contribution in [0.3, 0.4) is 0 Å². The van der Waals surface area contributed by atoms with E-state index in [2.05, 4.69) is 4.90 Å². The standard InChI is InChI=1S/C24H25FN2O4.ClH/c25-19-6-2-18(3-7-19)16-27-12-1-10-24(11-13-27)15-21(28)20-14-17(4-8-22(20)31-24)5-9-23(29)26-30;/h2-9,14,30H,1,10-13,15-16H2,(H,26,29);1H/b9-5+;. The molecule has 2 aliphatic heterocycles. The number of nitrogens with zero attached hydrogens (tertiary/aromatic N) is 1. The molecular weight excluding hydrogens is 435 g/mol. The molecule has 4 rings (SSSR count). The van der Waals surface area contributed by atoms with Gasteiger partial charge in [-0.15, -0.1) is 12.4 Å². The lowest BCUT2D eigenvalue weighted by atomic mass is 9.84. The molecule has 1 saturated heterocycles. The van der Waals surface area contributed by atoms with E-state index in [0.717, 1.165) is 44.5 Å². The number of carbonyl (C=O) groups is 2. The average Bonchev–Trinajstić information content (AvgIpc) is 2.96. The van der Waals surface area contributed by atoms with Crippen LogP contribution in [0.4, 0.5) is 4.39 Å². The predicted octanol–water partition coefficient (Wildman–Crippen LogP) is 4.16. The van der Waals surface area contributed by atoms with Gasteiger partial charge in [0.15, 0.2) is 5.78 Å². The number of benzene rings is 2. The van der Waals surface area contributed by atoms with Crippen molar-refractivity contribution in [3.05, 3.63) is 71.0 Å². The van der Waals surface area contributed by atoms with Gasteiger partial charge in [0.05, 0.1) is 12.0 Å². The second-order valence-corrected chi connectivity index (χ2v) is 8.21. The summed E-state index contributed by atoms with van der Waals surface area (Å²) in [6, 6.07) is 11.8. The van der Waals surface area contributed by atoms with Gasteiger partial charge in [0.2, 0.25) is 0 Å². The summed E-state index contributed by atoms with van der Waals surface area (Å²) >= 11 is 0. The minimum absolute atomic E-state index is 0. The molecule has 0 saturated carbocycles. The van der Waals surface area contributed by atoms with Gasteiger partial charge in [0, 0.05) is 25.6 Å². The van der Waals surface area contributed by atoms with E-state index < -0.39 is 11.5 Å². The summed E-state index contributed by atoms with van der Waals surface area (Å²) in [5, 5.41) is 8.58. The minimum atomic E-state index is -0.636. The molecule has 1 fully saturated rings. The molecule has 2 heterocycles. The minimum Gasteiger partial charge on any atom is -0.486 e. The molecule has 0 aromatic heterocycles. The number of halogens is 2. The van der Waals surface area contributed by atoms with Crippen LogP contribution in [-0.4, -0.2) is 40.5 Å². The molecule has 1 amide bonds. The third kappa shape index (κ3) is 5.54. The van der Waals surface area contributed by atoms with Crippen LogP contribution in [0, 0.1) is 5.82 Å². The highest BCUT2D eigenvalue weighted by Crippen LogP contribution is 2.40. The van der Waals surface area contributed by atoms with Crippen LogP contribution in [0.1, 0.15) is 47.2 Å². The fourth-order valence-electron chi connectivity index (χ4n) is 4.33. The van der Waals surface area contributed by atoms with Crippen molar-refractivity contribution in [2.45, 2.75) is 37.8 Å². The third-order valence-electron chi connectivity index (χ3n) is 5.96. The fourth-order valence-corrected chi connectivity index (χ4v) is 4.33. The number of rotatable bonds is 4. The lowest BCUT2D eigenvalue weighted by Gasteiger charge is -2.37. The Balaban J connectivity index is 0.00000289. The largest absolute Gasteiger partial charge is 0.486 e. The zero-order chi connectivity index (χ0) is 21.8. The molecule has 2 N–H and O–H groups in total. The summed E-state index contributed by atoms with van der Waals surface area (Å²) in [7, 11) is 0. The molecule has 1 atom stereocenters. The Bertz CT molecular complexity index is 1010. The second kappa shape index (κ2) is 10.3. The Hall–Kier alpha value is -2.74. The molecule has 1 unspecified atom stereocenters. The third-order valence-corrected chi connectivity index (χ3v) is 5.96. The number of amides is 1. The summed E-state index contributed by atoms with van der Waals surface area (Å²) in [6.07, 6.45) is 5.52. The molecule has 32 heavy (non-hydrogen) atoms. The van der Waals surface area contributed by atoms with Crippen molar-refractivity contribution < 1.29 is 23.9 Å². The Morgan fingerprint density at radius 3 is 2.72 bits per heavy atom. The van der Waals surface area contributed by atoms with Crippen molar-refractivity contribution in [3.8, 4) is 5.75 Å². The van der Waals surface area contributed by atoms with Crippen molar-refractivity contribution >= 4 is 30.2 Å². The van der Waals surface area contributed by atoms with Crippen molar-refractivity contribution in [2.75, 3.05) is 13.1 Å². The predicted molar refractivity (Wildman–Crippen MR) is 120 cm³/mol. The Kier molecular flexibility index (Phi) is 7.66. The normalized spacial score (nSPS) is 20.9. The molecule has 1 spiro atoms. The number of likely N-dealkylation sites (tertiary alicyclic amines) is 1. The topological polar surface area (TPSA) is 78.9 Å². The van der Waals surface area contributed by atoms with E-state index >= 15 is 0 Å². The Morgan fingerprint density at radius 1 is 1.19 bits per heavy atom. The fraction of sp³-hybridized carbons (Fsp3) is 0.333. The number of ether oxygens (including phenoxy) is 1. The summed E-state index contributed by atoms with van der Waals surface area (Å²) in [5.41, 5.74) is 3.30. The number of carbonyl (C=O) groups excluding carboxylic acids is 2. The van der Waals surface area contributed by atoms with E-state index in [1.54, 1.807) is 18.2 Å². The van der Waals surface area contributed by atoms with Gasteiger partial charge in [-0.25, -0.2) is 9.87 Å². The van der Waals surface area contributed by atoms with Crippen molar-refractivity contribution in [1.29, 1.82) is 0 Å². The average molecular weight is 461 g/mol. The maximum atomic E-state index is 13.2. The van der Waals surface area contributed by atoms with Gasteiger partial charge in [-0.2, -0.15) is 0 Å². The first-order chi connectivity index (χ1) is 15.0. The van der Waals surface area contributed by atoms with E-state index in [4.69, 9.17) is 9.94 Å². The van der Waals surface area contributed by atoms with Crippen LogP contribution >= 0.6 is 12.4 Å². The highest BCUT2D eigenvalue weighted by Gasteiger charge is 2.41. The Morgan fingerprint density at radius 2 is 1.97 bits per heavy atom. The molecule has 170 valence electrons. The van der Waals surface area contributed by atoms with Gasteiger partial charge >= 0.3 is 0 Å². The van der Waals surface area contributed by atoms with Crippen molar-refractivity contribution in [2.24, 2.45) is 0 Å². The first-order valence-electron chi connectivity index (χ1n) is 10.4. The highest BCUT2D eigenvalue weighted by molar-refractivity contribution is 6.01. The van der Waals surface area contributed by atoms with E-state index in [0.29, 0.717) is 23.3 Å². The molecule has 8 heteroatoms. The quantitative estimate of drug-likeness (QED) is 0.407. The van der Waals surface area contributed by atoms with Gasteiger partial charge in [-0.1, -0.05) is 18.2 Å². The zero-order valence-corrected chi connectivity index (χ0v) is 18.4. The number of ketones is 1. The SMILES string of the molecule is Cl.O=C(/C=C/c1ccc2c(c1)C(=O)CC1(CCCN(Cc3ccc(F)cc3)CC1)O2)NO. The van der Waals surface area contributed by atoms with Crippen LogP contribution < -0.4 is 10.2 Å². The summed E-state index contributed by atoms with van der Waals surface area (Å²) in [5.74, 6) is -0.258. The molecular formula is C24H26ClFN2O4. The zero-order valence-electron chi connectivity index (χ0n) is 17.6. The molecule has 2 aromatic rings. The number of nitrogens with one attached hydrogen (secondary N) is 1. The first kappa shape index (κ1) is 23.9. The van der Waals surface area contributed by atoms with Gasteiger partial charge in [-0.05, 0) is 60.9 Å². The van der Waals surface area contributed by atoms with E-state index in [-0.39, 0.29) is 24.0 Å². The van der Waals surface area contributed by atoms with Crippen LogP contribution in [0.15, 0.2) is 48.5 Å². The summed E-state index contributed by atoms with van der Waals surface area (Å²) in [4.78, 5) is 26.4. The Labute approximate surface area is 192 Å². The molecule has 0 aliphatic carbocycles. The summed E-state index contributed by atoms with van der Waals surface area (Å²) in [6.45, 7) is 2.45. The van der Waals surface area contributed by atoms with Gasteiger partial charge in [0.1, 0.15) is 17.2 Å². The van der Waals surface area contributed by atoms with Crippen molar-refractivity contribution in [1.82, 2.24) is 10.4 Å². The molecule has 2 aliphatic rings. The number of hydroxylamine groups is 1. The number of fused-ring (bicyclic) bond motifs is 1. The smallest absolute Gasteiger partial charge is 0.267 e. The van der Waals surface area contributed by atoms with Crippen LogP contribution in [0.2, 0.25) is 0 Å². The number of hydrogen-bond donors (Lipinski definition) is 2. The molecule has 6 nitrogen and oxygen atoms in total. The molecule has 0 radical (unpaired) electrons. The monoisotopic (exact) mass is 460 g/mol. The highest BCUT2D eigenvalue weighted by atomic mass is 35.5. The van der Waals surface area contributed by atoms with Gasteiger partial charge < -0.3 is 4.74 Å². The summed E-state index contributed by atoms with van der Waals surface area (Å²) < 4.78 is 19.5.